The monoisotopic (exact) mass is 728 g/mol. The average molecular weight is 730 g/mol. The van der Waals surface area contributed by atoms with Crippen molar-refractivity contribution in [3.8, 4) is 34.0 Å². The second-order valence-corrected chi connectivity index (χ2v) is 12.3. The Balaban J connectivity index is 0.000000154. The minimum Gasteiger partial charge on any atom is -0.491 e. The summed E-state index contributed by atoms with van der Waals surface area (Å²) >= 11 is 3.42. The van der Waals surface area contributed by atoms with Gasteiger partial charge in [0.1, 0.15) is 24.7 Å². The first-order chi connectivity index (χ1) is 24.2. The van der Waals surface area contributed by atoms with Gasteiger partial charge in [-0.25, -0.2) is 19.0 Å². The van der Waals surface area contributed by atoms with E-state index in [0.29, 0.717) is 13.2 Å². The minimum atomic E-state index is 0.649. The van der Waals surface area contributed by atoms with Crippen LogP contribution in [0.3, 0.4) is 0 Å². The predicted molar refractivity (Wildman–Crippen MR) is 186 cm³/mol. The molecule has 2 aliphatic heterocycles. The van der Waals surface area contributed by atoms with Gasteiger partial charge >= 0.3 is 0 Å². The molecule has 8 rings (SSSR count). The lowest BCUT2D eigenvalue weighted by Gasteiger charge is -2.26. The molecule has 254 valence electrons. The van der Waals surface area contributed by atoms with Gasteiger partial charge in [0.15, 0.2) is 11.3 Å². The van der Waals surface area contributed by atoms with Crippen LogP contribution in [0.4, 0.5) is 0 Å². The molecule has 49 heavy (non-hydrogen) atoms. The van der Waals surface area contributed by atoms with Crippen molar-refractivity contribution in [3.05, 3.63) is 84.4 Å². The molecule has 2 saturated heterocycles. The van der Waals surface area contributed by atoms with Gasteiger partial charge in [-0.05, 0) is 40.2 Å². The highest BCUT2D eigenvalue weighted by molar-refractivity contribution is 9.10. The van der Waals surface area contributed by atoms with Crippen molar-refractivity contribution < 1.29 is 18.9 Å². The molecule has 6 aromatic rings. The summed E-state index contributed by atoms with van der Waals surface area (Å²) < 4.78 is 26.6. The molecular formula is C34H37BrN10O4. The summed E-state index contributed by atoms with van der Waals surface area (Å²) in [5.41, 5.74) is 5.12. The number of morpholine rings is 2. The van der Waals surface area contributed by atoms with Crippen LogP contribution in [0.1, 0.15) is 0 Å². The maximum atomic E-state index is 5.79. The highest BCUT2D eigenvalue weighted by Crippen LogP contribution is 2.22. The molecule has 0 spiro atoms. The Bertz CT molecular complexity index is 1920. The van der Waals surface area contributed by atoms with E-state index in [4.69, 9.17) is 18.9 Å². The van der Waals surface area contributed by atoms with E-state index in [-0.39, 0.29) is 0 Å². The fourth-order valence-corrected chi connectivity index (χ4v) is 5.80. The van der Waals surface area contributed by atoms with Gasteiger partial charge < -0.3 is 18.9 Å². The summed E-state index contributed by atoms with van der Waals surface area (Å²) in [5, 5.41) is 8.44. The van der Waals surface area contributed by atoms with Gasteiger partial charge in [-0.3, -0.25) is 19.8 Å². The van der Waals surface area contributed by atoms with Gasteiger partial charge in [-0.1, -0.05) is 0 Å². The Morgan fingerprint density at radius 3 is 1.76 bits per heavy atom. The number of hydrogen-bond acceptors (Lipinski definition) is 12. The standard InChI is InChI=1S/C17H18BrN5O2.C17H19N5O2/c18-15-11-21-23-12-13(9-20-17(15)23)16-2-1-14(10-19-16)25-8-5-22-3-6-24-7-4-22;1-2-16(14-11-19-17-3-4-20-22(17)13-14)18-12-15(1)24-10-7-21-5-8-23-9-6-21/h1-2,9-12H,3-8H2;1-4,11-13H,5-10H2. The molecule has 8 heterocycles. The Morgan fingerprint density at radius 1 is 0.612 bits per heavy atom. The van der Waals surface area contributed by atoms with E-state index in [2.05, 4.69) is 55.9 Å². The lowest BCUT2D eigenvalue weighted by Crippen LogP contribution is -2.38. The number of nitrogens with zero attached hydrogens (tertiary/aromatic N) is 10. The highest BCUT2D eigenvalue weighted by Gasteiger charge is 2.12. The molecule has 2 fully saturated rings. The molecule has 14 nitrogen and oxygen atoms in total. The molecule has 0 radical (unpaired) electrons. The van der Waals surface area contributed by atoms with Crippen LogP contribution in [-0.4, -0.2) is 128 Å². The van der Waals surface area contributed by atoms with Crippen molar-refractivity contribution in [2.75, 3.05) is 78.9 Å². The van der Waals surface area contributed by atoms with Crippen LogP contribution in [0.15, 0.2) is 84.4 Å². The first-order valence-corrected chi connectivity index (χ1v) is 17.0. The molecule has 0 unspecified atom stereocenters. The number of aromatic nitrogens is 8. The van der Waals surface area contributed by atoms with Gasteiger partial charge in [0.05, 0.1) is 67.1 Å². The summed E-state index contributed by atoms with van der Waals surface area (Å²) in [6.45, 7) is 10.2. The average Bonchev–Trinajstić information content (AvgIpc) is 3.79. The number of ether oxygens (including phenoxy) is 4. The number of hydrogen-bond donors (Lipinski definition) is 0. The van der Waals surface area contributed by atoms with Crippen LogP contribution in [0.5, 0.6) is 11.5 Å². The maximum absolute atomic E-state index is 5.79. The first-order valence-electron chi connectivity index (χ1n) is 16.2. The Labute approximate surface area is 291 Å². The molecule has 0 saturated carbocycles. The van der Waals surface area contributed by atoms with Crippen LogP contribution in [0.2, 0.25) is 0 Å². The molecular weight excluding hydrogens is 692 g/mol. The Hall–Kier alpha value is -4.54. The minimum absolute atomic E-state index is 0.649. The first kappa shape index (κ1) is 33.0. The van der Waals surface area contributed by atoms with Crippen LogP contribution in [0.25, 0.3) is 33.8 Å². The Kier molecular flexibility index (Phi) is 10.9. The van der Waals surface area contributed by atoms with E-state index in [0.717, 1.165) is 115 Å². The summed E-state index contributed by atoms with van der Waals surface area (Å²) in [5.74, 6) is 1.55. The van der Waals surface area contributed by atoms with E-state index in [1.54, 1.807) is 46.2 Å². The highest BCUT2D eigenvalue weighted by atomic mass is 79.9. The quantitative estimate of drug-likeness (QED) is 0.204. The lowest BCUT2D eigenvalue weighted by molar-refractivity contribution is 0.0321. The smallest absolute Gasteiger partial charge is 0.169 e. The van der Waals surface area contributed by atoms with Crippen molar-refractivity contribution in [2.24, 2.45) is 0 Å². The second kappa shape index (κ2) is 16.2. The number of pyridine rings is 2. The molecule has 0 atom stereocenters. The summed E-state index contributed by atoms with van der Waals surface area (Å²) in [4.78, 5) is 22.4. The van der Waals surface area contributed by atoms with E-state index in [1.807, 2.05) is 42.7 Å². The van der Waals surface area contributed by atoms with Crippen LogP contribution in [0, 0.1) is 0 Å². The molecule has 6 aromatic heterocycles. The van der Waals surface area contributed by atoms with Crippen molar-refractivity contribution in [3.63, 3.8) is 0 Å². The summed E-state index contributed by atoms with van der Waals surface area (Å²) in [6, 6.07) is 9.62. The number of halogens is 1. The topological polar surface area (TPSA) is 130 Å². The third-order valence-electron chi connectivity index (χ3n) is 8.18. The summed E-state index contributed by atoms with van der Waals surface area (Å²) in [6.07, 6.45) is 14.4. The van der Waals surface area contributed by atoms with Gasteiger partial charge in [0.25, 0.3) is 0 Å². The van der Waals surface area contributed by atoms with Crippen molar-refractivity contribution in [1.82, 2.24) is 49.0 Å². The largest absolute Gasteiger partial charge is 0.491 e. The molecule has 0 bridgehead atoms. The number of rotatable bonds is 10. The van der Waals surface area contributed by atoms with Crippen molar-refractivity contribution >= 4 is 27.2 Å². The lowest BCUT2D eigenvalue weighted by atomic mass is 10.2. The molecule has 0 N–H and O–H groups in total. The van der Waals surface area contributed by atoms with Gasteiger partial charge in [-0.2, -0.15) is 10.2 Å². The molecule has 0 amide bonds. The number of fused-ring (bicyclic) bond motifs is 2. The summed E-state index contributed by atoms with van der Waals surface area (Å²) in [7, 11) is 0. The molecule has 0 aliphatic carbocycles. The fourth-order valence-electron chi connectivity index (χ4n) is 5.43. The predicted octanol–water partition coefficient (Wildman–Crippen LogP) is 3.77. The Morgan fingerprint density at radius 2 is 1.18 bits per heavy atom. The normalized spacial score (nSPS) is 15.6. The SMILES string of the molecule is Brc1cnn2cc(-c3ccc(OCCN4CCOCC4)cn3)cnc12.c1cc2ncc(-c3ccc(OCCN4CCOCC4)cn3)cn2n1. The van der Waals surface area contributed by atoms with E-state index >= 15 is 0 Å². The van der Waals surface area contributed by atoms with Crippen LogP contribution >= 0.6 is 15.9 Å². The maximum Gasteiger partial charge on any atom is 0.169 e. The van der Waals surface area contributed by atoms with Gasteiger partial charge in [-0.15, -0.1) is 0 Å². The van der Waals surface area contributed by atoms with E-state index in [1.165, 1.54) is 0 Å². The second-order valence-electron chi connectivity index (χ2n) is 11.4. The molecule has 2 aliphatic rings. The third-order valence-corrected chi connectivity index (χ3v) is 8.74. The van der Waals surface area contributed by atoms with E-state index < -0.39 is 0 Å². The van der Waals surface area contributed by atoms with Crippen molar-refractivity contribution in [1.29, 1.82) is 0 Å². The van der Waals surface area contributed by atoms with Crippen molar-refractivity contribution in [2.45, 2.75) is 0 Å². The zero-order chi connectivity index (χ0) is 33.3. The molecule has 15 heteroatoms. The van der Waals surface area contributed by atoms with Gasteiger partial charge in [0.2, 0.25) is 0 Å². The fraction of sp³-hybridized carbons (Fsp3) is 0.353. The zero-order valence-corrected chi connectivity index (χ0v) is 28.6. The molecule has 0 aromatic carbocycles. The zero-order valence-electron chi connectivity index (χ0n) is 27.0. The van der Waals surface area contributed by atoms with E-state index in [9.17, 15) is 0 Å². The van der Waals surface area contributed by atoms with Gasteiger partial charge in [0, 0.05) is 81.2 Å². The third kappa shape index (κ3) is 8.74. The van der Waals surface area contributed by atoms with Crippen LogP contribution < -0.4 is 9.47 Å². The van der Waals surface area contributed by atoms with Crippen LogP contribution in [-0.2, 0) is 9.47 Å².